The minimum Gasteiger partial charge on any atom is -0.255 e. The highest BCUT2D eigenvalue weighted by molar-refractivity contribution is 5.81. The fraction of sp³-hybridized carbons (Fsp3) is 0.700. The van der Waals surface area contributed by atoms with Gasteiger partial charge in [0.15, 0.2) is 0 Å². The molecule has 0 aliphatic heterocycles. The van der Waals surface area contributed by atoms with Gasteiger partial charge in [-0.15, -0.1) is 0 Å². The maximum absolute atomic E-state index is 11.6. The molecule has 0 saturated heterocycles. The van der Waals surface area contributed by atoms with Gasteiger partial charge in [0.1, 0.15) is 0 Å². The molecule has 0 N–H and O–H groups in total. The number of carbonyl (C=O) groups is 1. The number of rotatable bonds is 2. The fourth-order valence-corrected chi connectivity index (χ4v) is 1.16. The number of hydrogen-bond donors (Lipinski definition) is 0. The minimum absolute atomic E-state index is 0.0555. The number of quaternary nitrogens is 1. The van der Waals surface area contributed by atoms with Gasteiger partial charge in [0, 0.05) is 6.08 Å². The van der Waals surface area contributed by atoms with Gasteiger partial charge in [0.2, 0.25) is 0 Å². The maximum atomic E-state index is 11.6. The maximum Gasteiger partial charge on any atom is 0.338 e. The van der Waals surface area contributed by atoms with Crippen LogP contribution in [-0.4, -0.2) is 29.5 Å². The Balaban J connectivity index is 4.93. The summed E-state index contributed by atoms with van der Waals surface area (Å²) in [6.07, 6.45) is 1.41. The van der Waals surface area contributed by atoms with Crippen LogP contribution in [0.2, 0.25) is 0 Å². The highest BCUT2D eigenvalue weighted by Gasteiger charge is 2.39. The molecule has 0 bridgehead atoms. The normalized spacial score (nSPS) is 16.8. The molecule has 12 heavy (non-hydrogen) atoms. The third-order valence-corrected chi connectivity index (χ3v) is 2.77. The summed E-state index contributed by atoms with van der Waals surface area (Å²) in [6, 6.07) is 0. The Bertz CT molecular complexity index is 191. The minimum atomic E-state index is -0.0555. The number of hydrogen-bond acceptors (Lipinski definition) is 1. The van der Waals surface area contributed by atoms with Crippen LogP contribution in [0.25, 0.3) is 0 Å². The first-order valence-electron chi connectivity index (χ1n) is 4.32. The van der Waals surface area contributed by atoms with Crippen LogP contribution in [0.15, 0.2) is 12.7 Å². The van der Waals surface area contributed by atoms with Crippen molar-refractivity contribution < 1.29 is 9.28 Å². The molecule has 1 amide bonds. The monoisotopic (exact) mass is 170 g/mol. The summed E-state index contributed by atoms with van der Waals surface area (Å²) in [5.41, 5.74) is -0.0555. The van der Waals surface area contributed by atoms with Crippen molar-refractivity contribution in [2.45, 2.75) is 33.2 Å². The van der Waals surface area contributed by atoms with E-state index in [9.17, 15) is 4.79 Å². The second-order valence-corrected chi connectivity index (χ2v) is 4.22. The molecule has 0 aromatic heterocycles. The van der Waals surface area contributed by atoms with E-state index >= 15 is 0 Å². The molecule has 0 radical (unpaired) electrons. The summed E-state index contributed by atoms with van der Waals surface area (Å²) in [4.78, 5) is 11.6. The van der Waals surface area contributed by atoms with Crippen molar-refractivity contribution in [1.82, 2.24) is 0 Å². The zero-order valence-corrected chi connectivity index (χ0v) is 8.85. The fourth-order valence-electron chi connectivity index (χ4n) is 1.16. The van der Waals surface area contributed by atoms with Crippen LogP contribution in [0.5, 0.6) is 0 Å². The first kappa shape index (κ1) is 11.4. The predicted octanol–water partition coefficient (Wildman–Crippen LogP) is 1.96. The molecule has 0 rings (SSSR count). The average molecular weight is 170 g/mol. The lowest BCUT2D eigenvalue weighted by molar-refractivity contribution is -0.878. The van der Waals surface area contributed by atoms with E-state index in [0.29, 0.717) is 4.48 Å². The Morgan fingerprint density at radius 3 is 2.00 bits per heavy atom. The molecule has 0 heterocycles. The highest BCUT2D eigenvalue weighted by Crippen LogP contribution is 2.22. The van der Waals surface area contributed by atoms with Gasteiger partial charge in [0.25, 0.3) is 0 Å². The van der Waals surface area contributed by atoms with Crippen molar-refractivity contribution in [3.05, 3.63) is 12.7 Å². The van der Waals surface area contributed by atoms with Crippen LogP contribution >= 0.6 is 0 Å². The molecule has 0 aromatic rings. The Morgan fingerprint density at radius 1 is 1.50 bits per heavy atom. The van der Waals surface area contributed by atoms with Crippen molar-refractivity contribution in [1.29, 1.82) is 0 Å². The van der Waals surface area contributed by atoms with Crippen LogP contribution in [0, 0.1) is 0 Å². The summed E-state index contributed by atoms with van der Waals surface area (Å²) in [7, 11) is 1.95. The van der Waals surface area contributed by atoms with Crippen molar-refractivity contribution in [3.63, 3.8) is 0 Å². The van der Waals surface area contributed by atoms with E-state index in [1.54, 1.807) is 0 Å². The molecule has 0 aliphatic rings. The zero-order chi connectivity index (χ0) is 9.99. The van der Waals surface area contributed by atoms with Crippen LogP contribution in [0.1, 0.15) is 27.7 Å². The Kier molecular flexibility index (Phi) is 3.22. The number of nitrogens with zero attached hydrogens (tertiary/aromatic N) is 1. The molecular formula is C10H20NO+. The Morgan fingerprint density at radius 2 is 1.92 bits per heavy atom. The quantitative estimate of drug-likeness (QED) is 0.457. The summed E-state index contributed by atoms with van der Waals surface area (Å²) in [5, 5.41) is 0. The van der Waals surface area contributed by atoms with Crippen LogP contribution in [0.3, 0.4) is 0 Å². The van der Waals surface area contributed by atoms with Crippen LogP contribution in [0.4, 0.5) is 0 Å². The third-order valence-electron chi connectivity index (χ3n) is 2.77. The topological polar surface area (TPSA) is 17.1 Å². The lowest BCUT2D eigenvalue weighted by atomic mass is 10.0. The SMILES string of the molecule is C=CC(=O)[N+](C)(CC)C(C)(C)C. The summed E-state index contributed by atoms with van der Waals surface area (Å²) >= 11 is 0. The molecule has 1 unspecified atom stereocenters. The Labute approximate surface area is 75.5 Å². The van der Waals surface area contributed by atoms with Crippen LogP contribution in [-0.2, 0) is 4.79 Å². The number of amides is 1. The van der Waals surface area contributed by atoms with Gasteiger partial charge >= 0.3 is 5.91 Å². The van der Waals surface area contributed by atoms with Gasteiger partial charge in [-0.1, -0.05) is 6.58 Å². The lowest BCUT2D eigenvalue weighted by Gasteiger charge is -2.41. The second-order valence-electron chi connectivity index (χ2n) is 4.22. The van der Waals surface area contributed by atoms with Crippen LogP contribution < -0.4 is 0 Å². The van der Waals surface area contributed by atoms with Gasteiger partial charge in [-0.2, -0.15) is 0 Å². The van der Waals surface area contributed by atoms with E-state index in [1.165, 1.54) is 6.08 Å². The molecular weight excluding hydrogens is 150 g/mol. The summed E-state index contributed by atoms with van der Waals surface area (Å²) in [5.74, 6) is 0.0880. The van der Waals surface area contributed by atoms with Crippen molar-refractivity contribution in [2.75, 3.05) is 13.6 Å². The standard InChI is InChI=1S/C10H20NO/c1-7-9(12)11(6,8-2)10(3,4)5/h7H,1,8H2,2-6H3/q+1. The molecule has 1 atom stereocenters. The van der Waals surface area contributed by atoms with E-state index in [4.69, 9.17) is 0 Å². The average Bonchev–Trinajstić information content (AvgIpc) is 1.99. The lowest BCUT2D eigenvalue weighted by Crippen LogP contribution is -2.60. The summed E-state index contributed by atoms with van der Waals surface area (Å²) < 4.78 is 0.413. The van der Waals surface area contributed by atoms with Gasteiger partial charge in [0.05, 0.1) is 19.1 Å². The molecule has 0 saturated carbocycles. The van der Waals surface area contributed by atoms with Gasteiger partial charge < -0.3 is 0 Å². The van der Waals surface area contributed by atoms with Crippen molar-refractivity contribution in [3.8, 4) is 0 Å². The molecule has 2 nitrogen and oxygen atoms in total. The molecule has 70 valence electrons. The van der Waals surface area contributed by atoms with E-state index < -0.39 is 0 Å². The Hall–Kier alpha value is -0.630. The molecule has 0 aliphatic carbocycles. The number of likely N-dealkylation sites (N-methyl/N-ethyl adjacent to an activating group) is 1. The second kappa shape index (κ2) is 3.40. The van der Waals surface area contributed by atoms with E-state index in [1.807, 2.05) is 14.0 Å². The van der Waals surface area contributed by atoms with Gasteiger partial charge in [-0.25, -0.2) is 4.79 Å². The van der Waals surface area contributed by atoms with Gasteiger partial charge in [-0.05, 0) is 27.7 Å². The molecule has 0 fully saturated rings. The third kappa shape index (κ3) is 1.75. The molecule has 0 spiro atoms. The largest absolute Gasteiger partial charge is 0.338 e. The smallest absolute Gasteiger partial charge is 0.255 e. The molecule has 0 aromatic carbocycles. The van der Waals surface area contributed by atoms with Gasteiger partial charge in [-0.3, -0.25) is 4.48 Å². The first-order valence-corrected chi connectivity index (χ1v) is 4.32. The first-order chi connectivity index (χ1) is 5.29. The zero-order valence-electron chi connectivity index (χ0n) is 8.85. The van der Waals surface area contributed by atoms with Crippen molar-refractivity contribution in [2.24, 2.45) is 0 Å². The van der Waals surface area contributed by atoms with E-state index in [-0.39, 0.29) is 11.4 Å². The van der Waals surface area contributed by atoms with E-state index in [2.05, 4.69) is 27.4 Å². The molecule has 2 heteroatoms. The van der Waals surface area contributed by atoms with Crippen molar-refractivity contribution >= 4 is 5.91 Å². The number of carbonyl (C=O) groups excluding carboxylic acids is 1. The summed E-state index contributed by atoms with van der Waals surface area (Å²) in [6.45, 7) is 12.5. The highest BCUT2D eigenvalue weighted by atomic mass is 16.2. The predicted molar refractivity (Wildman–Crippen MR) is 51.7 cm³/mol. The van der Waals surface area contributed by atoms with E-state index in [0.717, 1.165) is 6.54 Å².